The predicted octanol–water partition coefficient (Wildman–Crippen LogP) is 6.12. The summed E-state index contributed by atoms with van der Waals surface area (Å²) in [4.78, 5) is 0. The third-order valence-corrected chi connectivity index (χ3v) is 20.8. The first-order valence-corrected chi connectivity index (χ1v) is 29.5. The Hall–Kier alpha value is -0.720. The largest absolute Gasteiger partial charge is 0.394 e. The van der Waals surface area contributed by atoms with Gasteiger partial charge in [0.2, 0.25) is 0 Å². The third kappa shape index (κ3) is 12.8. The molecule has 444 valence electrons. The minimum atomic E-state index is -1.05. The summed E-state index contributed by atoms with van der Waals surface area (Å²) in [5, 5.41) is 54.2. The van der Waals surface area contributed by atoms with Crippen LogP contribution < -0.4 is 0 Å². The fourth-order valence-corrected chi connectivity index (χ4v) is 13.5. The SMILES string of the molecule is CCC1O[C@@H](C)C(C)[C@@H](C)[C@H]1O[C@H]1O[C@@H](C)[C@@H](O[C@H]2O[C@H](CO)[C@@H](O[C@@H]3OC(C)[C@H](O[C@@H]4OC(CO)[C@H](O[C@@H]5OC(CO)[C@H](O[C@@H]6OC(CO)[C@H](C)[C@H](C)C6C)[C@H](C)C5C)[C@H](C)C4C)[C@H](C)C3C)C(O)C2C)C(C)C1C. The molecular weight excluding hydrogens is 985 g/mol. The van der Waals surface area contributed by atoms with Gasteiger partial charge >= 0.3 is 0 Å². The molecule has 0 bridgehead atoms. The zero-order valence-corrected chi connectivity index (χ0v) is 49.3. The van der Waals surface area contributed by atoms with Crippen molar-refractivity contribution in [2.75, 3.05) is 26.4 Å². The second-order valence-corrected chi connectivity index (χ2v) is 25.2. The lowest BCUT2D eigenvalue weighted by Crippen LogP contribution is -2.62. The Labute approximate surface area is 455 Å². The predicted molar refractivity (Wildman–Crippen MR) is 280 cm³/mol. The Morgan fingerprint density at radius 1 is 0.263 bits per heavy atom. The van der Waals surface area contributed by atoms with Crippen LogP contribution in [0.2, 0.25) is 0 Å². The van der Waals surface area contributed by atoms with E-state index in [0.717, 1.165) is 6.42 Å². The second-order valence-electron chi connectivity index (χ2n) is 25.2. The van der Waals surface area contributed by atoms with Crippen LogP contribution in [0.3, 0.4) is 0 Å². The van der Waals surface area contributed by atoms with E-state index in [9.17, 15) is 25.5 Å². The number of hydrogen-bond acceptors (Lipinski definition) is 18. The molecule has 5 N–H and O–H groups in total. The average molecular weight is 1090 g/mol. The molecule has 7 fully saturated rings. The summed E-state index contributed by atoms with van der Waals surface area (Å²) in [6, 6.07) is 0. The van der Waals surface area contributed by atoms with Crippen molar-refractivity contribution in [1.82, 2.24) is 0 Å². The van der Waals surface area contributed by atoms with Gasteiger partial charge < -0.3 is 87.1 Å². The zero-order chi connectivity index (χ0) is 55.9. The highest BCUT2D eigenvalue weighted by Gasteiger charge is 2.55. The van der Waals surface area contributed by atoms with Crippen LogP contribution in [0.5, 0.6) is 0 Å². The lowest BCUT2D eigenvalue weighted by Gasteiger charge is -2.52. The summed E-state index contributed by atoms with van der Waals surface area (Å²) in [5.41, 5.74) is 0. The van der Waals surface area contributed by atoms with E-state index in [0.29, 0.717) is 11.8 Å². The summed E-state index contributed by atoms with van der Waals surface area (Å²) in [5.74, 6) is -0.261. The maximum Gasteiger partial charge on any atom is 0.163 e. The lowest BCUT2D eigenvalue weighted by atomic mass is 9.78. The Balaban J connectivity index is 0.925. The van der Waals surface area contributed by atoms with Gasteiger partial charge in [0.25, 0.3) is 0 Å². The summed E-state index contributed by atoms with van der Waals surface area (Å²) in [7, 11) is 0. The van der Waals surface area contributed by atoms with E-state index in [-0.39, 0.29) is 122 Å². The van der Waals surface area contributed by atoms with Crippen molar-refractivity contribution in [1.29, 1.82) is 0 Å². The highest BCUT2D eigenvalue weighted by atomic mass is 16.8. The highest BCUT2D eigenvalue weighted by Crippen LogP contribution is 2.46. The van der Waals surface area contributed by atoms with Crippen molar-refractivity contribution in [3.63, 3.8) is 0 Å². The van der Waals surface area contributed by atoms with Crippen LogP contribution in [-0.4, -0.2) is 181 Å². The molecule has 35 atom stereocenters. The fraction of sp³-hybridized carbons (Fsp3) is 1.00. The molecule has 14 unspecified atom stereocenters. The molecule has 0 saturated carbocycles. The van der Waals surface area contributed by atoms with E-state index in [2.05, 4.69) is 90.0 Å². The summed E-state index contributed by atoms with van der Waals surface area (Å²) < 4.78 is 85.7. The van der Waals surface area contributed by atoms with Gasteiger partial charge in [-0.15, -0.1) is 0 Å². The third-order valence-electron chi connectivity index (χ3n) is 20.8. The number of hydrogen-bond donors (Lipinski definition) is 5. The van der Waals surface area contributed by atoms with Gasteiger partial charge in [-0.2, -0.15) is 0 Å². The van der Waals surface area contributed by atoms with Crippen molar-refractivity contribution >= 4 is 0 Å². The molecule has 0 aromatic carbocycles. The summed E-state index contributed by atoms with van der Waals surface area (Å²) in [6.07, 6.45) is -10.4. The lowest BCUT2D eigenvalue weighted by molar-refractivity contribution is -0.373. The van der Waals surface area contributed by atoms with Crippen LogP contribution in [0.1, 0.15) is 131 Å². The van der Waals surface area contributed by atoms with E-state index in [1.54, 1.807) is 0 Å². The molecule has 18 nitrogen and oxygen atoms in total. The highest BCUT2D eigenvalue weighted by molar-refractivity contribution is 4.97. The summed E-state index contributed by atoms with van der Waals surface area (Å²) >= 11 is 0. The van der Waals surface area contributed by atoms with E-state index in [4.69, 9.17) is 61.6 Å². The van der Waals surface area contributed by atoms with Crippen LogP contribution in [0, 0.1) is 82.9 Å². The molecule has 0 aromatic rings. The fourth-order valence-electron chi connectivity index (χ4n) is 13.5. The first kappa shape index (κ1) is 62.9. The Morgan fingerprint density at radius 2 is 0.553 bits per heavy atom. The molecule has 7 saturated heterocycles. The minimum absolute atomic E-state index is 0.0105. The monoisotopic (exact) mass is 1090 g/mol. The average Bonchev–Trinajstić information content (AvgIpc) is 3.40. The summed E-state index contributed by atoms with van der Waals surface area (Å²) in [6.45, 7) is 36.4. The van der Waals surface area contributed by atoms with E-state index in [1.165, 1.54) is 0 Å². The normalized spacial score (nSPS) is 54.6. The van der Waals surface area contributed by atoms with Crippen LogP contribution >= 0.6 is 0 Å². The smallest absolute Gasteiger partial charge is 0.163 e. The zero-order valence-electron chi connectivity index (χ0n) is 49.3. The van der Waals surface area contributed by atoms with Gasteiger partial charge in [0.1, 0.15) is 24.4 Å². The first-order chi connectivity index (χ1) is 35.9. The van der Waals surface area contributed by atoms with Crippen molar-refractivity contribution in [3.05, 3.63) is 0 Å². The molecule has 7 rings (SSSR count). The standard InChI is InChI=1S/C58H104O18/c1-19-41-49(27(5)25(3)38(16)64-41)73-53-33(11)28(6)48(40(18)65-53)72-58-37(15)46(63)52(45(23-62)70-58)76-54-34(12)29(7)47(39(17)66-54)71-56-35(13)30(8)51(43(21-60)68-56)75-57-36(14)31(9)50(44(22-61)69-57)74-55-32(10)24(2)26(4)42(20-59)67-55/h24-63H,19-23H2,1-18H3/t24-,25?,26+,27+,28?,29+,30+,31+,32?,33?,34?,35?,36?,37?,38-,39?,40-,41?,42?,43?,44?,45+,46?,47+,48-,49+,50+,51+,52+,53+,54-,55-,56-,57-,58+/m0/s1. The van der Waals surface area contributed by atoms with Crippen LogP contribution in [0.25, 0.3) is 0 Å². The number of rotatable bonds is 17. The Bertz CT molecular complexity index is 1760. The van der Waals surface area contributed by atoms with Crippen molar-refractivity contribution in [2.24, 2.45) is 82.9 Å². The maximum absolute atomic E-state index is 11.9. The molecule has 0 aromatic heterocycles. The van der Waals surface area contributed by atoms with Gasteiger partial charge in [-0.1, -0.05) is 104 Å². The van der Waals surface area contributed by atoms with Crippen LogP contribution in [0.15, 0.2) is 0 Å². The second kappa shape index (κ2) is 26.7. The van der Waals surface area contributed by atoms with Crippen LogP contribution in [0.4, 0.5) is 0 Å². The van der Waals surface area contributed by atoms with Crippen molar-refractivity contribution < 1.29 is 87.1 Å². The number of aliphatic hydroxyl groups is 5. The van der Waals surface area contributed by atoms with E-state index >= 15 is 0 Å². The van der Waals surface area contributed by atoms with Crippen molar-refractivity contribution in [2.45, 2.75) is 260 Å². The Morgan fingerprint density at radius 3 is 0.947 bits per heavy atom. The molecule has 0 amide bonds. The Kier molecular flexibility index (Phi) is 22.1. The van der Waals surface area contributed by atoms with Gasteiger partial charge in [-0.05, 0) is 74.5 Å². The molecule has 0 aliphatic carbocycles. The minimum Gasteiger partial charge on any atom is -0.394 e. The van der Waals surface area contributed by atoms with Gasteiger partial charge in [0, 0.05) is 35.5 Å². The van der Waals surface area contributed by atoms with Gasteiger partial charge in [0.05, 0.1) is 93.6 Å². The van der Waals surface area contributed by atoms with Gasteiger partial charge in [-0.25, -0.2) is 0 Å². The van der Waals surface area contributed by atoms with Gasteiger partial charge in [-0.3, -0.25) is 0 Å². The molecule has 7 aliphatic rings. The van der Waals surface area contributed by atoms with Gasteiger partial charge in [0.15, 0.2) is 37.7 Å². The molecule has 7 aliphatic heterocycles. The molecule has 0 spiro atoms. The molecule has 0 radical (unpaired) electrons. The van der Waals surface area contributed by atoms with E-state index < -0.39 is 105 Å². The van der Waals surface area contributed by atoms with Crippen molar-refractivity contribution in [3.8, 4) is 0 Å². The van der Waals surface area contributed by atoms with E-state index in [1.807, 2.05) is 34.6 Å². The maximum atomic E-state index is 11.9. The molecule has 18 heteroatoms. The molecular formula is C58H104O18. The number of aliphatic hydroxyl groups excluding tert-OH is 5. The quantitative estimate of drug-likeness (QED) is 0.111. The first-order valence-electron chi connectivity index (χ1n) is 29.5. The topological polar surface area (TPSA) is 221 Å². The number of ether oxygens (including phenoxy) is 13. The van der Waals surface area contributed by atoms with Crippen LogP contribution in [-0.2, 0) is 61.6 Å². The molecule has 76 heavy (non-hydrogen) atoms. The molecule has 7 heterocycles.